The smallest absolute Gasteiger partial charge is 0.325 e. The van der Waals surface area contributed by atoms with Gasteiger partial charge in [0.05, 0.1) is 0 Å². The van der Waals surface area contributed by atoms with Gasteiger partial charge in [0.15, 0.2) is 11.5 Å². The van der Waals surface area contributed by atoms with Crippen molar-refractivity contribution in [1.82, 2.24) is 15.5 Å². The quantitative estimate of drug-likeness (QED) is 0.614. The Morgan fingerprint density at radius 2 is 1.91 bits per heavy atom. The number of imide groups is 1. The molecule has 0 aromatic heterocycles. The fraction of sp³-hybridized carbons (Fsp3) is 0.348. The standard InChI is InChI=1S/C23H24FN3O5/c1-2-3-10-23(16-5-7-17(24)8-6-16)21(29)27(22(30)26-23)13-20(28)25-12-15-4-9-18-19(11-15)32-14-31-18/h4-9,11H,2-3,10,12-14H2,1H3,(H,25,28)(H,26,30)/t23-/m1/s1. The summed E-state index contributed by atoms with van der Waals surface area (Å²) >= 11 is 0. The van der Waals surface area contributed by atoms with Crippen molar-refractivity contribution in [3.63, 3.8) is 0 Å². The maximum absolute atomic E-state index is 13.4. The summed E-state index contributed by atoms with van der Waals surface area (Å²) in [5.74, 6) is -0.178. The minimum absolute atomic E-state index is 0.158. The first-order valence-corrected chi connectivity index (χ1v) is 10.5. The fourth-order valence-corrected chi connectivity index (χ4v) is 3.91. The molecule has 2 heterocycles. The van der Waals surface area contributed by atoms with Gasteiger partial charge in [0.2, 0.25) is 12.7 Å². The van der Waals surface area contributed by atoms with Gasteiger partial charge < -0.3 is 20.1 Å². The molecule has 0 spiro atoms. The molecule has 2 aromatic rings. The van der Waals surface area contributed by atoms with Crippen LogP contribution in [0.3, 0.4) is 0 Å². The van der Waals surface area contributed by atoms with Gasteiger partial charge in [0.25, 0.3) is 5.91 Å². The summed E-state index contributed by atoms with van der Waals surface area (Å²) in [6.07, 6.45) is 1.84. The van der Waals surface area contributed by atoms with Gasteiger partial charge in [0.1, 0.15) is 17.9 Å². The van der Waals surface area contributed by atoms with Crippen molar-refractivity contribution in [3.8, 4) is 11.5 Å². The van der Waals surface area contributed by atoms with E-state index in [2.05, 4.69) is 10.6 Å². The summed E-state index contributed by atoms with van der Waals surface area (Å²) in [6.45, 7) is 1.93. The Hall–Kier alpha value is -3.62. The highest BCUT2D eigenvalue weighted by atomic mass is 19.1. The number of hydrogen-bond acceptors (Lipinski definition) is 5. The van der Waals surface area contributed by atoms with Crippen LogP contribution in [0.5, 0.6) is 11.5 Å². The van der Waals surface area contributed by atoms with E-state index in [1.165, 1.54) is 24.3 Å². The molecular formula is C23H24FN3O5. The highest BCUT2D eigenvalue weighted by Crippen LogP contribution is 2.34. The summed E-state index contributed by atoms with van der Waals surface area (Å²) in [5.41, 5.74) is -0.0179. The number of nitrogens with zero attached hydrogens (tertiary/aromatic N) is 1. The van der Waals surface area contributed by atoms with Crippen molar-refractivity contribution in [2.75, 3.05) is 13.3 Å². The third kappa shape index (κ3) is 4.10. The minimum Gasteiger partial charge on any atom is -0.454 e. The molecule has 0 radical (unpaired) electrons. The number of unbranched alkanes of at least 4 members (excludes halogenated alkanes) is 1. The van der Waals surface area contributed by atoms with Gasteiger partial charge in [-0.15, -0.1) is 0 Å². The van der Waals surface area contributed by atoms with Crippen LogP contribution < -0.4 is 20.1 Å². The largest absolute Gasteiger partial charge is 0.454 e. The number of ether oxygens (including phenoxy) is 2. The lowest BCUT2D eigenvalue weighted by Gasteiger charge is -2.27. The molecule has 4 amide bonds. The van der Waals surface area contributed by atoms with Crippen molar-refractivity contribution in [1.29, 1.82) is 0 Å². The lowest BCUT2D eigenvalue weighted by atomic mass is 9.85. The second-order valence-corrected chi connectivity index (χ2v) is 7.80. The molecule has 32 heavy (non-hydrogen) atoms. The Kier molecular flexibility index (Phi) is 5.98. The van der Waals surface area contributed by atoms with E-state index >= 15 is 0 Å². The fourth-order valence-electron chi connectivity index (χ4n) is 3.91. The molecule has 1 fully saturated rings. The zero-order valence-electron chi connectivity index (χ0n) is 17.7. The van der Waals surface area contributed by atoms with E-state index in [1.54, 1.807) is 18.2 Å². The van der Waals surface area contributed by atoms with Crippen molar-refractivity contribution < 1.29 is 28.2 Å². The zero-order chi connectivity index (χ0) is 22.7. The van der Waals surface area contributed by atoms with Gasteiger partial charge in [-0.25, -0.2) is 9.18 Å². The number of carbonyl (C=O) groups excluding carboxylic acids is 3. The molecule has 4 rings (SSSR count). The van der Waals surface area contributed by atoms with Crippen molar-refractivity contribution in [2.45, 2.75) is 38.3 Å². The number of fused-ring (bicyclic) bond motifs is 1. The summed E-state index contributed by atoms with van der Waals surface area (Å²) in [5, 5.41) is 5.47. The van der Waals surface area contributed by atoms with Crippen LogP contribution in [0.25, 0.3) is 0 Å². The molecule has 2 aromatic carbocycles. The van der Waals surface area contributed by atoms with Crippen molar-refractivity contribution in [2.24, 2.45) is 0 Å². The Morgan fingerprint density at radius 1 is 1.16 bits per heavy atom. The molecule has 0 saturated carbocycles. The Bertz CT molecular complexity index is 1040. The molecule has 8 nitrogen and oxygen atoms in total. The maximum atomic E-state index is 13.4. The van der Waals surface area contributed by atoms with Crippen LogP contribution >= 0.6 is 0 Å². The summed E-state index contributed by atoms with van der Waals surface area (Å²) in [7, 11) is 0. The first-order valence-electron chi connectivity index (χ1n) is 10.5. The lowest BCUT2D eigenvalue weighted by Crippen LogP contribution is -2.45. The molecule has 0 bridgehead atoms. The molecular weight excluding hydrogens is 417 g/mol. The van der Waals surface area contributed by atoms with Gasteiger partial charge in [-0.1, -0.05) is 38.0 Å². The Morgan fingerprint density at radius 3 is 2.66 bits per heavy atom. The monoisotopic (exact) mass is 441 g/mol. The van der Waals surface area contributed by atoms with E-state index in [0.29, 0.717) is 29.9 Å². The maximum Gasteiger partial charge on any atom is 0.325 e. The van der Waals surface area contributed by atoms with E-state index in [9.17, 15) is 18.8 Å². The second kappa shape index (κ2) is 8.86. The number of carbonyl (C=O) groups is 3. The van der Waals surface area contributed by atoms with E-state index in [1.807, 2.05) is 6.92 Å². The summed E-state index contributed by atoms with van der Waals surface area (Å²) < 4.78 is 24.0. The highest BCUT2D eigenvalue weighted by Gasteiger charge is 2.52. The molecule has 9 heteroatoms. The van der Waals surface area contributed by atoms with Crippen molar-refractivity contribution in [3.05, 3.63) is 59.4 Å². The van der Waals surface area contributed by atoms with E-state index in [0.717, 1.165) is 16.9 Å². The predicted molar refractivity (Wildman–Crippen MR) is 112 cm³/mol. The van der Waals surface area contributed by atoms with E-state index in [4.69, 9.17) is 9.47 Å². The molecule has 0 aliphatic carbocycles. The number of rotatable bonds is 8. The number of nitrogens with one attached hydrogen (secondary N) is 2. The average molecular weight is 441 g/mol. The highest BCUT2D eigenvalue weighted by molar-refractivity contribution is 6.09. The SMILES string of the molecule is CCCC[C@]1(c2ccc(F)cc2)NC(=O)N(CC(=O)NCc2ccc3c(c2)OCO3)C1=O. The van der Waals surface area contributed by atoms with Crippen LogP contribution in [0.15, 0.2) is 42.5 Å². The molecule has 2 aliphatic rings. The van der Waals surface area contributed by atoms with E-state index in [-0.39, 0.29) is 13.3 Å². The van der Waals surface area contributed by atoms with Gasteiger partial charge in [-0.3, -0.25) is 14.5 Å². The number of benzene rings is 2. The first-order chi connectivity index (χ1) is 15.4. The average Bonchev–Trinajstić information content (AvgIpc) is 3.35. The number of hydrogen-bond donors (Lipinski definition) is 2. The van der Waals surface area contributed by atoms with Crippen molar-refractivity contribution >= 4 is 17.8 Å². The van der Waals surface area contributed by atoms with Crippen LogP contribution in [-0.4, -0.2) is 36.1 Å². The Labute approximate surface area is 184 Å². The van der Waals surface area contributed by atoms with Gasteiger partial charge in [-0.05, 0) is 41.8 Å². The Balaban J connectivity index is 1.45. The third-order valence-electron chi connectivity index (χ3n) is 5.65. The second-order valence-electron chi connectivity index (χ2n) is 7.80. The minimum atomic E-state index is -1.31. The zero-order valence-corrected chi connectivity index (χ0v) is 17.7. The van der Waals surface area contributed by atoms with Crippen LogP contribution in [0.1, 0.15) is 37.3 Å². The topological polar surface area (TPSA) is 97.0 Å². The molecule has 2 aliphatic heterocycles. The lowest BCUT2D eigenvalue weighted by molar-refractivity contribution is -0.135. The first kappa shape index (κ1) is 21.6. The molecule has 1 saturated heterocycles. The summed E-state index contributed by atoms with van der Waals surface area (Å²) in [6, 6.07) is 10.2. The summed E-state index contributed by atoms with van der Waals surface area (Å²) in [4.78, 5) is 39.4. The molecule has 1 atom stereocenters. The third-order valence-corrected chi connectivity index (χ3v) is 5.65. The molecule has 2 N–H and O–H groups in total. The van der Waals surface area contributed by atoms with Gasteiger partial charge in [0, 0.05) is 6.54 Å². The van der Waals surface area contributed by atoms with Gasteiger partial charge >= 0.3 is 6.03 Å². The van der Waals surface area contributed by atoms with Crippen LogP contribution in [0.4, 0.5) is 9.18 Å². The number of halogens is 1. The van der Waals surface area contributed by atoms with E-state index < -0.39 is 35.7 Å². The number of amides is 4. The molecule has 0 unspecified atom stereocenters. The van der Waals surface area contributed by atoms with Crippen LogP contribution in [-0.2, 0) is 21.7 Å². The van der Waals surface area contributed by atoms with Crippen LogP contribution in [0, 0.1) is 5.82 Å². The normalized spacial score (nSPS) is 19.2. The number of urea groups is 1. The predicted octanol–water partition coefficient (Wildman–Crippen LogP) is 2.81. The van der Waals surface area contributed by atoms with Crippen LogP contribution in [0.2, 0.25) is 0 Å². The molecule has 168 valence electrons. The van der Waals surface area contributed by atoms with Gasteiger partial charge in [-0.2, -0.15) is 0 Å².